The van der Waals surface area contributed by atoms with E-state index in [2.05, 4.69) is 42.6 Å². The van der Waals surface area contributed by atoms with Crippen LogP contribution in [0.15, 0.2) is 6.33 Å². The number of anilines is 1. The molecule has 0 spiro atoms. The molecule has 4 nitrogen and oxygen atoms in total. The molecule has 86 valence electrons. The fourth-order valence-corrected chi connectivity index (χ4v) is 2.14. The number of nitrogen functional groups attached to an aromatic ring is 1. The van der Waals surface area contributed by atoms with Gasteiger partial charge in [0.25, 0.3) is 0 Å². The second-order valence-electron chi connectivity index (χ2n) is 4.74. The van der Waals surface area contributed by atoms with Crippen molar-refractivity contribution in [2.24, 2.45) is 0 Å². The van der Waals surface area contributed by atoms with Gasteiger partial charge in [-0.25, -0.2) is 9.97 Å². The third-order valence-corrected chi connectivity index (χ3v) is 2.84. The first-order chi connectivity index (χ1) is 7.52. The van der Waals surface area contributed by atoms with Gasteiger partial charge >= 0.3 is 0 Å². The van der Waals surface area contributed by atoms with Gasteiger partial charge in [-0.15, -0.1) is 0 Å². The summed E-state index contributed by atoms with van der Waals surface area (Å²) in [5.74, 6) is 1.42. The van der Waals surface area contributed by atoms with Crippen LogP contribution in [0.4, 0.5) is 5.82 Å². The van der Waals surface area contributed by atoms with E-state index in [9.17, 15) is 0 Å². The Morgan fingerprint density at radius 1 is 1.12 bits per heavy atom. The normalized spacial score (nSPS) is 11.9. The van der Waals surface area contributed by atoms with E-state index in [0.717, 1.165) is 11.0 Å². The Hall–Kier alpha value is -1.58. The van der Waals surface area contributed by atoms with Gasteiger partial charge in [0.05, 0.1) is 5.39 Å². The maximum Gasteiger partial charge on any atom is 0.143 e. The second kappa shape index (κ2) is 3.77. The van der Waals surface area contributed by atoms with Crippen molar-refractivity contribution in [1.29, 1.82) is 0 Å². The summed E-state index contributed by atoms with van der Waals surface area (Å²) in [5.41, 5.74) is 9.26. The summed E-state index contributed by atoms with van der Waals surface area (Å²) < 4.78 is 0. The van der Waals surface area contributed by atoms with Crippen LogP contribution in [0.2, 0.25) is 0 Å². The molecule has 2 aromatic rings. The fraction of sp³-hybridized carbons (Fsp3) is 0.500. The molecule has 16 heavy (non-hydrogen) atoms. The van der Waals surface area contributed by atoms with Gasteiger partial charge in [0.15, 0.2) is 0 Å². The number of nitrogens with zero attached hydrogens (tertiary/aromatic N) is 2. The van der Waals surface area contributed by atoms with Gasteiger partial charge in [-0.2, -0.15) is 0 Å². The van der Waals surface area contributed by atoms with Crippen LogP contribution in [-0.2, 0) is 0 Å². The van der Waals surface area contributed by atoms with E-state index >= 15 is 0 Å². The minimum Gasteiger partial charge on any atom is -0.383 e. The number of nitrogens with one attached hydrogen (secondary N) is 1. The number of aromatic amines is 1. The van der Waals surface area contributed by atoms with Gasteiger partial charge in [0.2, 0.25) is 0 Å². The molecule has 0 saturated carbocycles. The summed E-state index contributed by atoms with van der Waals surface area (Å²) in [4.78, 5) is 11.7. The van der Waals surface area contributed by atoms with Crippen molar-refractivity contribution in [3.63, 3.8) is 0 Å². The van der Waals surface area contributed by atoms with Gasteiger partial charge in [0, 0.05) is 5.69 Å². The standard InChI is InChI=1S/C12H18N4/c1-6(2)8-9-11(13)14-5-15-12(9)16-10(8)7(3)4/h5-7H,1-4H3,(H3,13,14,15,16). The monoisotopic (exact) mass is 218 g/mol. The Bertz CT molecular complexity index is 511. The predicted octanol–water partition coefficient (Wildman–Crippen LogP) is 2.79. The number of hydrogen-bond donors (Lipinski definition) is 2. The first kappa shape index (κ1) is 10.9. The molecule has 0 aliphatic carbocycles. The highest BCUT2D eigenvalue weighted by Gasteiger charge is 2.19. The fourth-order valence-electron chi connectivity index (χ4n) is 2.14. The lowest BCUT2D eigenvalue weighted by molar-refractivity contribution is 0.778. The predicted molar refractivity (Wildman–Crippen MR) is 66.5 cm³/mol. The minimum absolute atomic E-state index is 0.416. The smallest absolute Gasteiger partial charge is 0.143 e. The molecular weight excluding hydrogens is 200 g/mol. The highest BCUT2D eigenvalue weighted by atomic mass is 15.0. The number of H-pyrrole nitrogens is 1. The third kappa shape index (κ3) is 1.54. The largest absolute Gasteiger partial charge is 0.383 e. The lowest BCUT2D eigenvalue weighted by Gasteiger charge is -2.10. The van der Waals surface area contributed by atoms with Crippen molar-refractivity contribution in [2.45, 2.75) is 39.5 Å². The van der Waals surface area contributed by atoms with Crippen molar-refractivity contribution in [2.75, 3.05) is 5.73 Å². The van der Waals surface area contributed by atoms with E-state index in [-0.39, 0.29) is 0 Å². The molecule has 0 radical (unpaired) electrons. The van der Waals surface area contributed by atoms with E-state index < -0.39 is 0 Å². The topological polar surface area (TPSA) is 67.6 Å². The van der Waals surface area contributed by atoms with Crippen molar-refractivity contribution in [3.05, 3.63) is 17.6 Å². The van der Waals surface area contributed by atoms with Crippen LogP contribution >= 0.6 is 0 Å². The van der Waals surface area contributed by atoms with Gasteiger partial charge in [-0.3, -0.25) is 0 Å². The molecule has 0 bridgehead atoms. The molecule has 0 fully saturated rings. The van der Waals surface area contributed by atoms with Crippen LogP contribution in [0.1, 0.15) is 50.8 Å². The quantitative estimate of drug-likeness (QED) is 0.814. The van der Waals surface area contributed by atoms with E-state index in [1.54, 1.807) is 0 Å². The molecule has 0 aliphatic rings. The maximum atomic E-state index is 5.94. The summed E-state index contributed by atoms with van der Waals surface area (Å²) in [6.45, 7) is 8.67. The second-order valence-corrected chi connectivity index (χ2v) is 4.74. The molecule has 2 rings (SSSR count). The third-order valence-electron chi connectivity index (χ3n) is 2.84. The molecule has 0 unspecified atom stereocenters. The van der Waals surface area contributed by atoms with Crippen LogP contribution in [0.3, 0.4) is 0 Å². The summed E-state index contributed by atoms with van der Waals surface area (Å²) in [6.07, 6.45) is 1.50. The zero-order valence-electron chi connectivity index (χ0n) is 10.2. The summed E-state index contributed by atoms with van der Waals surface area (Å²) in [5, 5.41) is 0.987. The van der Waals surface area contributed by atoms with E-state index in [1.165, 1.54) is 17.6 Å². The molecular formula is C12H18N4. The van der Waals surface area contributed by atoms with E-state index in [1.807, 2.05) is 0 Å². The first-order valence-electron chi connectivity index (χ1n) is 5.64. The summed E-state index contributed by atoms with van der Waals surface area (Å²) >= 11 is 0. The lowest BCUT2D eigenvalue weighted by Crippen LogP contribution is -1.98. The highest BCUT2D eigenvalue weighted by Crippen LogP contribution is 2.34. The van der Waals surface area contributed by atoms with Crippen LogP contribution in [0, 0.1) is 0 Å². The molecule has 0 atom stereocenters. The molecule has 3 N–H and O–H groups in total. The van der Waals surface area contributed by atoms with Crippen molar-refractivity contribution in [3.8, 4) is 0 Å². The molecule has 4 heteroatoms. The Balaban J connectivity index is 2.83. The van der Waals surface area contributed by atoms with E-state index in [4.69, 9.17) is 5.73 Å². The molecule has 2 heterocycles. The average molecular weight is 218 g/mol. The van der Waals surface area contributed by atoms with Crippen LogP contribution in [-0.4, -0.2) is 15.0 Å². The maximum absolute atomic E-state index is 5.94. The van der Waals surface area contributed by atoms with Crippen LogP contribution in [0.5, 0.6) is 0 Å². The molecule has 2 aromatic heterocycles. The van der Waals surface area contributed by atoms with Crippen LogP contribution in [0.25, 0.3) is 11.0 Å². The van der Waals surface area contributed by atoms with Crippen molar-refractivity contribution >= 4 is 16.9 Å². The molecule has 0 saturated heterocycles. The Morgan fingerprint density at radius 2 is 1.81 bits per heavy atom. The number of hydrogen-bond acceptors (Lipinski definition) is 3. The van der Waals surface area contributed by atoms with Gasteiger partial charge in [-0.05, 0) is 17.4 Å². The van der Waals surface area contributed by atoms with Gasteiger partial charge < -0.3 is 10.7 Å². The zero-order valence-corrected chi connectivity index (χ0v) is 10.2. The van der Waals surface area contributed by atoms with Crippen molar-refractivity contribution in [1.82, 2.24) is 15.0 Å². The number of fused-ring (bicyclic) bond motifs is 1. The molecule has 0 aliphatic heterocycles. The first-order valence-corrected chi connectivity index (χ1v) is 5.64. The number of nitrogens with two attached hydrogens (primary N) is 1. The summed E-state index contributed by atoms with van der Waals surface area (Å²) in [7, 11) is 0. The summed E-state index contributed by atoms with van der Waals surface area (Å²) in [6, 6.07) is 0. The Kier molecular flexibility index (Phi) is 2.58. The van der Waals surface area contributed by atoms with Gasteiger partial charge in [-0.1, -0.05) is 27.7 Å². The zero-order chi connectivity index (χ0) is 11.9. The lowest BCUT2D eigenvalue weighted by atomic mass is 9.95. The Labute approximate surface area is 95.3 Å². The number of aromatic nitrogens is 3. The SMILES string of the molecule is CC(C)c1[nH]c2ncnc(N)c2c1C(C)C. The number of rotatable bonds is 2. The average Bonchev–Trinajstić information content (AvgIpc) is 2.58. The van der Waals surface area contributed by atoms with Gasteiger partial charge in [0.1, 0.15) is 17.8 Å². The Morgan fingerprint density at radius 3 is 2.38 bits per heavy atom. The van der Waals surface area contributed by atoms with Crippen LogP contribution < -0.4 is 5.73 Å². The molecule has 0 aromatic carbocycles. The molecule has 0 amide bonds. The van der Waals surface area contributed by atoms with Crippen molar-refractivity contribution < 1.29 is 0 Å². The minimum atomic E-state index is 0.416. The van der Waals surface area contributed by atoms with E-state index in [0.29, 0.717) is 17.7 Å². The highest BCUT2D eigenvalue weighted by molar-refractivity contribution is 5.91.